The lowest BCUT2D eigenvalue weighted by Crippen LogP contribution is -2.51. The van der Waals surface area contributed by atoms with Crippen molar-refractivity contribution in [1.29, 1.82) is 0 Å². The highest BCUT2D eigenvalue weighted by Crippen LogP contribution is 2.17. The van der Waals surface area contributed by atoms with Crippen LogP contribution in [0, 0.1) is 0 Å². The zero-order valence-electron chi connectivity index (χ0n) is 13.0. The molecule has 0 amide bonds. The van der Waals surface area contributed by atoms with Gasteiger partial charge in [-0.05, 0) is 61.5 Å². The standard InChI is InChI=1S/C14H21N5O2S3/c15-24(20,21)12-8-6-11(7-9-12)17-14(23)19-18-13(22)16-10-4-2-1-3-5-10/h6-10H,1-5H2,(H2,15,20,21)(H2,16,18,22)(H2,17,19,23). The topological polar surface area (TPSA) is 108 Å². The van der Waals surface area contributed by atoms with Gasteiger partial charge in [-0.25, -0.2) is 13.6 Å². The second-order valence-electron chi connectivity index (χ2n) is 5.58. The molecule has 132 valence electrons. The van der Waals surface area contributed by atoms with E-state index < -0.39 is 10.0 Å². The maximum Gasteiger partial charge on any atom is 0.238 e. The van der Waals surface area contributed by atoms with Gasteiger partial charge in [0.25, 0.3) is 0 Å². The minimum atomic E-state index is -3.70. The normalized spacial score (nSPS) is 15.4. The summed E-state index contributed by atoms with van der Waals surface area (Å²) in [6, 6.07) is 6.37. The second kappa shape index (κ2) is 8.56. The first kappa shape index (κ1) is 18.8. The van der Waals surface area contributed by atoms with Crippen LogP contribution in [0.1, 0.15) is 32.1 Å². The van der Waals surface area contributed by atoms with Crippen molar-refractivity contribution < 1.29 is 8.42 Å². The summed E-state index contributed by atoms with van der Waals surface area (Å²) in [5.74, 6) is 0. The van der Waals surface area contributed by atoms with Gasteiger partial charge in [0.2, 0.25) is 10.0 Å². The molecule has 0 atom stereocenters. The molecule has 0 aliphatic heterocycles. The molecule has 0 bridgehead atoms. The molecule has 7 nitrogen and oxygen atoms in total. The van der Waals surface area contributed by atoms with E-state index in [4.69, 9.17) is 29.6 Å². The van der Waals surface area contributed by atoms with Gasteiger partial charge in [-0.15, -0.1) is 0 Å². The van der Waals surface area contributed by atoms with E-state index in [1.54, 1.807) is 12.1 Å². The molecule has 0 spiro atoms. The Morgan fingerprint density at radius 1 is 1.00 bits per heavy atom. The number of rotatable bonds is 3. The fraction of sp³-hybridized carbons (Fsp3) is 0.429. The van der Waals surface area contributed by atoms with Gasteiger partial charge in [-0.1, -0.05) is 19.3 Å². The molecule has 24 heavy (non-hydrogen) atoms. The van der Waals surface area contributed by atoms with Gasteiger partial charge in [0.15, 0.2) is 10.2 Å². The molecule has 1 aliphatic rings. The number of hydrogen-bond acceptors (Lipinski definition) is 4. The van der Waals surface area contributed by atoms with E-state index in [9.17, 15) is 8.42 Å². The van der Waals surface area contributed by atoms with Crippen LogP contribution in [0.25, 0.3) is 0 Å². The molecule has 0 heterocycles. The Hall–Kier alpha value is -1.49. The summed E-state index contributed by atoms with van der Waals surface area (Å²) in [7, 11) is -3.70. The number of hydrazine groups is 1. The van der Waals surface area contributed by atoms with Gasteiger partial charge >= 0.3 is 0 Å². The van der Waals surface area contributed by atoms with Crippen LogP contribution < -0.4 is 26.6 Å². The number of nitrogens with one attached hydrogen (secondary N) is 4. The van der Waals surface area contributed by atoms with E-state index in [0.717, 1.165) is 12.8 Å². The smallest absolute Gasteiger partial charge is 0.238 e. The largest absolute Gasteiger partial charge is 0.359 e. The third-order valence-corrected chi connectivity index (χ3v) is 5.02. The summed E-state index contributed by atoms with van der Waals surface area (Å²) < 4.78 is 22.4. The highest BCUT2D eigenvalue weighted by molar-refractivity contribution is 7.89. The van der Waals surface area contributed by atoms with Gasteiger partial charge in [0.05, 0.1) is 4.90 Å². The molecule has 6 N–H and O–H groups in total. The van der Waals surface area contributed by atoms with Crippen LogP contribution in [0.4, 0.5) is 5.69 Å². The Morgan fingerprint density at radius 3 is 2.17 bits per heavy atom. The molecule has 1 fully saturated rings. The molecule has 2 rings (SSSR count). The highest BCUT2D eigenvalue weighted by Gasteiger charge is 2.13. The Kier molecular flexibility index (Phi) is 6.72. The Labute approximate surface area is 152 Å². The summed E-state index contributed by atoms with van der Waals surface area (Å²) >= 11 is 10.4. The zero-order chi connectivity index (χ0) is 17.6. The predicted octanol–water partition coefficient (Wildman–Crippen LogP) is 1.33. The lowest BCUT2D eigenvalue weighted by Gasteiger charge is -2.24. The van der Waals surface area contributed by atoms with Gasteiger partial charge in [-0.2, -0.15) is 0 Å². The SMILES string of the molecule is NS(=O)(=O)c1ccc(NC(=S)NNC(=S)NC2CCCCC2)cc1. The van der Waals surface area contributed by atoms with E-state index in [1.807, 2.05) is 0 Å². The van der Waals surface area contributed by atoms with Crippen molar-refractivity contribution in [1.82, 2.24) is 16.2 Å². The average molecular weight is 388 g/mol. The third kappa shape index (κ3) is 6.19. The van der Waals surface area contributed by atoms with Crippen LogP contribution in [0.15, 0.2) is 29.2 Å². The van der Waals surface area contributed by atoms with Crippen LogP contribution in [0.5, 0.6) is 0 Å². The average Bonchev–Trinajstić information content (AvgIpc) is 2.53. The van der Waals surface area contributed by atoms with Crippen molar-refractivity contribution >= 4 is 50.4 Å². The number of nitrogens with two attached hydrogens (primary N) is 1. The molecule has 0 aromatic heterocycles. The van der Waals surface area contributed by atoms with Crippen molar-refractivity contribution in [2.24, 2.45) is 5.14 Å². The monoisotopic (exact) mass is 387 g/mol. The van der Waals surface area contributed by atoms with Crippen LogP contribution in [0.3, 0.4) is 0 Å². The van der Waals surface area contributed by atoms with Crippen LogP contribution >= 0.6 is 24.4 Å². The van der Waals surface area contributed by atoms with Crippen molar-refractivity contribution in [3.63, 3.8) is 0 Å². The molecular formula is C14H21N5O2S3. The first-order valence-corrected chi connectivity index (χ1v) is 9.97. The van der Waals surface area contributed by atoms with Gasteiger partial charge in [-0.3, -0.25) is 10.9 Å². The lowest BCUT2D eigenvalue weighted by atomic mass is 9.96. The molecule has 1 aliphatic carbocycles. The maximum absolute atomic E-state index is 11.2. The van der Waals surface area contributed by atoms with Crippen molar-refractivity contribution in [3.8, 4) is 0 Å². The number of thiocarbonyl (C=S) groups is 2. The molecule has 10 heteroatoms. The number of benzene rings is 1. The van der Waals surface area contributed by atoms with Crippen LogP contribution in [-0.4, -0.2) is 24.7 Å². The van der Waals surface area contributed by atoms with E-state index in [-0.39, 0.29) is 4.90 Å². The second-order valence-corrected chi connectivity index (χ2v) is 7.96. The number of anilines is 1. The number of hydrogen-bond donors (Lipinski definition) is 5. The van der Waals surface area contributed by atoms with E-state index >= 15 is 0 Å². The molecule has 0 unspecified atom stereocenters. The zero-order valence-corrected chi connectivity index (χ0v) is 15.5. The highest BCUT2D eigenvalue weighted by atomic mass is 32.2. The van der Waals surface area contributed by atoms with Crippen LogP contribution in [0.2, 0.25) is 0 Å². The molecule has 0 radical (unpaired) electrons. The summed E-state index contributed by atoms with van der Waals surface area (Å²) in [6.45, 7) is 0. The minimum Gasteiger partial charge on any atom is -0.359 e. The number of primary sulfonamides is 1. The van der Waals surface area contributed by atoms with Crippen molar-refractivity contribution in [2.75, 3.05) is 5.32 Å². The van der Waals surface area contributed by atoms with E-state index in [1.165, 1.54) is 31.4 Å². The van der Waals surface area contributed by atoms with E-state index in [2.05, 4.69) is 21.5 Å². The summed E-state index contributed by atoms with van der Waals surface area (Å²) in [5.41, 5.74) is 6.26. The minimum absolute atomic E-state index is 0.0444. The lowest BCUT2D eigenvalue weighted by molar-refractivity contribution is 0.411. The van der Waals surface area contributed by atoms with Gasteiger partial charge in [0.1, 0.15) is 0 Å². The Morgan fingerprint density at radius 2 is 1.58 bits per heavy atom. The molecule has 1 saturated carbocycles. The Balaban J connectivity index is 1.75. The van der Waals surface area contributed by atoms with Gasteiger partial charge < -0.3 is 10.6 Å². The molecule has 1 aromatic carbocycles. The molecule has 1 aromatic rings. The summed E-state index contributed by atoms with van der Waals surface area (Å²) in [4.78, 5) is 0.0444. The molecular weight excluding hydrogens is 366 g/mol. The summed E-state index contributed by atoms with van der Waals surface area (Å²) in [6.07, 6.45) is 5.99. The number of sulfonamides is 1. The first-order valence-electron chi connectivity index (χ1n) is 7.61. The third-order valence-electron chi connectivity index (χ3n) is 3.67. The quantitative estimate of drug-likeness (QED) is 0.391. The summed E-state index contributed by atoms with van der Waals surface area (Å²) in [5, 5.41) is 12.0. The predicted molar refractivity (Wildman–Crippen MR) is 103 cm³/mol. The van der Waals surface area contributed by atoms with Crippen LogP contribution in [-0.2, 0) is 10.0 Å². The van der Waals surface area contributed by atoms with Gasteiger partial charge in [0, 0.05) is 11.7 Å². The first-order chi connectivity index (χ1) is 11.3. The maximum atomic E-state index is 11.2. The van der Waals surface area contributed by atoms with Crippen molar-refractivity contribution in [3.05, 3.63) is 24.3 Å². The fourth-order valence-electron chi connectivity index (χ4n) is 2.47. The fourth-order valence-corrected chi connectivity index (χ4v) is 3.37. The van der Waals surface area contributed by atoms with Crippen molar-refractivity contribution in [2.45, 2.75) is 43.0 Å². The molecule has 0 saturated heterocycles. The van der Waals surface area contributed by atoms with E-state index in [0.29, 0.717) is 22.0 Å². The Bertz CT molecular complexity index is 685.